The summed E-state index contributed by atoms with van der Waals surface area (Å²) in [6, 6.07) is 13.2. The van der Waals surface area contributed by atoms with E-state index in [0.29, 0.717) is 16.8 Å². The lowest BCUT2D eigenvalue weighted by atomic mass is 9.97. The Hall–Kier alpha value is -4.41. The first kappa shape index (κ1) is 23.3. The third-order valence-corrected chi connectivity index (χ3v) is 5.78. The maximum absolute atomic E-state index is 15.0. The molecular weight excluding hydrogens is 480 g/mol. The maximum Gasteiger partial charge on any atom is 0.491 e. The van der Waals surface area contributed by atoms with Crippen molar-refractivity contribution in [1.82, 2.24) is 19.9 Å². The van der Waals surface area contributed by atoms with Crippen LogP contribution < -0.4 is 0 Å². The molecule has 5 rings (SSSR count). The van der Waals surface area contributed by atoms with E-state index in [2.05, 4.69) is 19.7 Å². The Bertz CT molecular complexity index is 1480. The summed E-state index contributed by atoms with van der Waals surface area (Å²) < 4.78 is 58.8. The molecule has 11 heteroatoms. The van der Waals surface area contributed by atoms with Gasteiger partial charge in [-0.15, -0.1) is 0 Å². The fourth-order valence-corrected chi connectivity index (χ4v) is 4.14. The zero-order valence-corrected chi connectivity index (χ0v) is 18.4. The molecule has 0 radical (unpaired) electrons. The standard InChI is InChI=1S/C25H16F4N4O3/c26-18-8-7-17(15-11-30-13-31-12-15)20-21(18)23(36-24(35)25(27,28)29)33(22(20)34)10-9-16-6-5-14-3-1-2-4-19(14)32-16/h1-8,11-13,23H,9-10H2. The smallest absolute Gasteiger partial charge is 0.430 e. The van der Waals surface area contributed by atoms with E-state index < -0.39 is 35.7 Å². The molecule has 1 aliphatic rings. The molecule has 2 aromatic carbocycles. The number of carbonyl (C=O) groups excluding carboxylic acids is 2. The van der Waals surface area contributed by atoms with Crippen molar-refractivity contribution in [2.24, 2.45) is 0 Å². The average Bonchev–Trinajstić information content (AvgIpc) is 3.14. The molecule has 0 aliphatic carbocycles. The Labute approximate surface area is 201 Å². The van der Waals surface area contributed by atoms with Crippen LogP contribution in [0.5, 0.6) is 0 Å². The Morgan fingerprint density at radius 1 is 1.03 bits per heavy atom. The van der Waals surface area contributed by atoms with E-state index in [4.69, 9.17) is 0 Å². The summed E-state index contributed by atoms with van der Waals surface area (Å²) in [6.07, 6.45) is -3.11. The van der Waals surface area contributed by atoms with Crippen LogP contribution in [0.4, 0.5) is 17.6 Å². The molecule has 1 aliphatic heterocycles. The van der Waals surface area contributed by atoms with E-state index in [1.54, 1.807) is 12.1 Å². The summed E-state index contributed by atoms with van der Waals surface area (Å²) in [7, 11) is 0. The van der Waals surface area contributed by atoms with Crippen LogP contribution in [0.2, 0.25) is 0 Å². The predicted octanol–water partition coefficient (Wildman–Crippen LogP) is 4.63. The van der Waals surface area contributed by atoms with Crippen molar-refractivity contribution < 1.29 is 31.9 Å². The van der Waals surface area contributed by atoms with Crippen LogP contribution in [0.15, 0.2) is 67.3 Å². The predicted molar refractivity (Wildman–Crippen MR) is 119 cm³/mol. The molecule has 0 saturated heterocycles. The highest BCUT2D eigenvalue weighted by Gasteiger charge is 2.48. The van der Waals surface area contributed by atoms with Gasteiger partial charge in [0, 0.05) is 42.0 Å². The van der Waals surface area contributed by atoms with Crippen molar-refractivity contribution in [3.05, 3.63) is 89.9 Å². The van der Waals surface area contributed by atoms with E-state index in [-0.39, 0.29) is 24.1 Å². The Kier molecular flexibility index (Phi) is 5.83. The van der Waals surface area contributed by atoms with Crippen molar-refractivity contribution in [1.29, 1.82) is 0 Å². The molecule has 1 unspecified atom stereocenters. The molecule has 182 valence electrons. The Morgan fingerprint density at radius 2 is 1.78 bits per heavy atom. The Morgan fingerprint density at radius 3 is 2.53 bits per heavy atom. The van der Waals surface area contributed by atoms with Gasteiger partial charge in [0.2, 0.25) is 6.23 Å². The first-order valence-corrected chi connectivity index (χ1v) is 10.8. The third-order valence-electron chi connectivity index (χ3n) is 5.78. The number of esters is 1. The molecular formula is C25H16F4N4O3. The number of hydrogen-bond acceptors (Lipinski definition) is 6. The summed E-state index contributed by atoms with van der Waals surface area (Å²) in [5, 5.41) is 0.889. The maximum atomic E-state index is 15.0. The number of ether oxygens (including phenoxy) is 1. The zero-order chi connectivity index (χ0) is 25.4. The molecule has 0 saturated carbocycles. The molecule has 7 nitrogen and oxygen atoms in total. The van der Waals surface area contributed by atoms with Crippen LogP contribution in [0.1, 0.15) is 27.8 Å². The topological polar surface area (TPSA) is 85.3 Å². The zero-order valence-electron chi connectivity index (χ0n) is 18.4. The second kappa shape index (κ2) is 8.99. The molecule has 0 N–H and O–H groups in total. The fraction of sp³-hybridized carbons (Fsp3) is 0.160. The van der Waals surface area contributed by atoms with E-state index in [1.165, 1.54) is 24.8 Å². The van der Waals surface area contributed by atoms with Crippen LogP contribution in [0.3, 0.4) is 0 Å². The van der Waals surface area contributed by atoms with E-state index in [9.17, 15) is 27.2 Å². The van der Waals surface area contributed by atoms with E-state index in [1.807, 2.05) is 24.3 Å². The van der Waals surface area contributed by atoms with Crippen LogP contribution in [-0.4, -0.2) is 44.4 Å². The van der Waals surface area contributed by atoms with Crippen molar-refractivity contribution in [3.8, 4) is 11.1 Å². The number of fused-ring (bicyclic) bond motifs is 2. The highest BCUT2D eigenvalue weighted by atomic mass is 19.4. The summed E-state index contributed by atoms with van der Waals surface area (Å²) in [4.78, 5) is 38.3. The lowest BCUT2D eigenvalue weighted by molar-refractivity contribution is -0.211. The highest BCUT2D eigenvalue weighted by molar-refractivity contribution is 6.05. The average molecular weight is 496 g/mol. The number of nitrogens with zero attached hydrogens (tertiary/aromatic N) is 4. The van der Waals surface area contributed by atoms with Crippen LogP contribution in [0.25, 0.3) is 22.0 Å². The molecule has 0 bridgehead atoms. The summed E-state index contributed by atoms with van der Waals surface area (Å²) >= 11 is 0. The van der Waals surface area contributed by atoms with Crippen molar-refractivity contribution in [3.63, 3.8) is 0 Å². The third kappa shape index (κ3) is 4.23. The number of para-hydroxylation sites is 1. The molecule has 1 atom stereocenters. The van der Waals surface area contributed by atoms with Gasteiger partial charge in [0.1, 0.15) is 12.1 Å². The molecule has 3 heterocycles. The quantitative estimate of drug-likeness (QED) is 0.296. The van der Waals surface area contributed by atoms with Crippen molar-refractivity contribution in [2.75, 3.05) is 6.54 Å². The largest absolute Gasteiger partial charge is 0.491 e. The van der Waals surface area contributed by atoms with Gasteiger partial charge in [-0.1, -0.05) is 30.3 Å². The molecule has 2 aromatic heterocycles. The van der Waals surface area contributed by atoms with Gasteiger partial charge in [-0.25, -0.2) is 19.2 Å². The van der Waals surface area contributed by atoms with Gasteiger partial charge in [-0.2, -0.15) is 13.2 Å². The minimum Gasteiger partial charge on any atom is -0.430 e. The minimum atomic E-state index is -5.33. The number of benzene rings is 2. The van der Waals surface area contributed by atoms with Crippen LogP contribution in [-0.2, 0) is 16.0 Å². The lowest BCUT2D eigenvalue weighted by Gasteiger charge is -2.25. The van der Waals surface area contributed by atoms with Crippen molar-refractivity contribution in [2.45, 2.75) is 18.8 Å². The van der Waals surface area contributed by atoms with Gasteiger partial charge >= 0.3 is 12.1 Å². The van der Waals surface area contributed by atoms with Crippen LogP contribution >= 0.6 is 0 Å². The molecule has 4 aromatic rings. The molecule has 0 fully saturated rings. The molecule has 0 spiro atoms. The number of hydrogen-bond donors (Lipinski definition) is 0. The number of rotatable bonds is 5. The number of amides is 1. The van der Waals surface area contributed by atoms with Crippen LogP contribution in [0, 0.1) is 5.82 Å². The molecule has 1 amide bonds. The van der Waals surface area contributed by atoms with Gasteiger partial charge in [0.15, 0.2) is 0 Å². The normalized spacial score (nSPS) is 15.3. The van der Waals surface area contributed by atoms with Gasteiger partial charge in [-0.3, -0.25) is 14.7 Å². The van der Waals surface area contributed by atoms with Crippen molar-refractivity contribution >= 4 is 22.8 Å². The number of halogens is 4. The van der Waals surface area contributed by atoms with E-state index >= 15 is 0 Å². The van der Waals surface area contributed by atoms with Gasteiger partial charge in [0.05, 0.1) is 16.6 Å². The number of alkyl halides is 3. The fourth-order valence-electron chi connectivity index (χ4n) is 4.14. The first-order valence-electron chi connectivity index (χ1n) is 10.8. The highest BCUT2D eigenvalue weighted by Crippen LogP contribution is 2.42. The molecule has 36 heavy (non-hydrogen) atoms. The second-order valence-corrected chi connectivity index (χ2v) is 8.01. The van der Waals surface area contributed by atoms with Gasteiger partial charge in [-0.05, 0) is 23.8 Å². The second-order valence-electron chi connectivity index (χ2n) is 8.01. The minimum absolute atomic E-state index is 0.121. The number of aromatic nitrogens is 3. The van der Waals surface area contributed by atoms with Gasteiger partial charge < -0.3 is 4.74 Å². The number of carbonyl (C=O) groups is 2. The summed E-state index contributed by atoms with van der Waals surface area (Å²) in [5.41, 5.74) is 1.14. The summed E-state index contributed by atoms with van der Waals surface area (Å²) in [6.45, 7) is -0.182. The first-order chi connectivity index (χ1) is 17.2. The van der Waals surface area contributed by atoms with E-state index in [0.717, 1.165) is 16.4 Å². The Balaban J connectivity index is 1.53. The monoisotopic (exact) mass is 496 g/mol. The SMILES string of the molecule is O=C1c2c(-c3cncnc3)ccc(F)c2C(OC(=O)C(F)(F)F)N1CCc1ccc2ccccc2n1. The summed E-state index contributed by atoms with van der Waals surface area (Å²) in [5.74, 6) is -4.30. The van der Waals surface area contributed by atoms with Gasteiger partial charge in [0.25, 0.3) is 5.91 Å². The lowest BCUT2D eigenvalue weighted by Crippen LogP contribution is -2.36. The number of pyridine rings is 1.